The van der Waals surface area contributed by atoms with Crippen LogP contribution in [0.5, 0.6) is 0 Å². The first kappa shape index (κ1) is 22.5. The van der Waals surface area contributed by atoms with Crippen molar-refractivity contribution in [2.45, 2.75) is 39.1 Å². The van der Waals surface area contributed by atoms with Crippen molar-refractivity contribution in [2.75, 3.05) is 12.3 Å². The standard InChI is InChI=1S/C22H27BrN2O2S/c1-4-24-22(27)17(3)25(13-19-8-6-5-7-16(19)2)21(26)15-28-14-18-9-11-20(23)12-10-18/h5-12,17H,4,13-15H2,1-3H3,(H,24,27). The van der Waals surface area contributed by atoms with E-state index in [0.29, 0.717) is 18.8 Å². The zero-order valence-corrected chi connectivity index (χ0v) is 19.0. The van der Waals surface area contributed by atoms with Gasteiger partial charge in [0.15, 0.2) is 0 Å². The first-order chi connectivity index (χ1) is 13.4. The number of nitrogens with one attached hydrogen (secondary N) is 1. The van der Waals surface area contributed by atoms with Crippen LogP contribution in [0.4, 0.5) is 0 Å². The normalized spacial score (nSPS) is 11.7. The van der Waals surface area contributed by atoms with Crippen molar-refractivity contribution >= 4 is 39.5 Å². The molecule has 1 unspecified atom stereocenters. The fourth-order valence-electron chi connectivity index (χ4n) is 2.80. The summed E-state index contributed by atoms with van der Waals surface area (Å²) in [7, 11) is 0. The molecule has 0 radical (unpaired) electrons. The lowest BCUT2D eigenvalue weighted by Crippen LogP contribution is -2.48. The van der Waals surface area contributed by atoms with Crippen LogP contribution in [0.3, 0.4) is 0 Å². The number of hydrogen-bond acceptors (Lipinski definition) is 3. The lowest BCUT2D eigenvalue weighted by Gasteiger charge is -2.29. The number of hydrogen-bond donors (Lipinski definition) is 1. The molecule has 2 rings (SSSR count). The molecule has 0 aliphatic rings. The Morgan fingerprint density at radius 3 is 2.46 bits per heavy atom. The third kappa shape index (κ3) is 6.67. The second kappa shape index (κ2) is 11.3. The Kier molecular flexibility index (Phi) is 9.06. The molecule has 2 amide bonds. The zero-order chi connectivity index (χ0) is 20.5. The molecule has 2 aromatic carbocycles. The van der Waals surface area contributed by atoms with Gasteiger partial charge in [-0.3, -0.25) is 9.59 Å². The highest BCUT2D eigenvalue weighted by molar-refractivity contribution is 9.10. The van der Waals surface area contributed by atoms with E-state index >= 15 is 0 Å². The van der Waals surface area contributed by atoms with Crippen molar-refractivity contribution in [3.05, 3.63) is 69.7 Å². The molecule has 0 aromatic heterocycles. The zero-order valence-electron chi connectivity index (χ0n) is 16.6. The Hall–Kier alpha value is -1.79. The molecule has 1 N–H and O–H groups in total. The number of carbonyl (C=O) groups excluding carboxylic acids is 2. The van der Waals surface area contributed by atoms with E-state index in [1.54, 1.807) is 23.6 Å². The second-order valence-corrected chi connectivity index (χ2v) is 8.54. The fraction of sp³-hybridized carbons (Fsp3) is 0.364. The maximum atomic E-state index is 13.0. The van der Waals surface area contributed by atoms with E-state index in [1.807, 2.05) is 62.4 Å². The number of halogens is 1. The lowest BCUT2D eigenvalue weighted by atomic mass is 10.1. The summed E-state index contributed by atoms with van der Waals surface area (Å²) in [6, 6.07) is 15.6. The number of carbonyl (C=O) groups is 2. The van der Waals surface area contributed by atoms with E-state index in [9.17, 15) is 9.59 Å². The third-order valence-corrected chi connectivity index (χ3v) is 6.04. The van der Waals surface area contributed by atoms with Crippen LogP contribution in [0.1, 0.15) is 30.5 Å². The van der Waals surface area contributed by atoms with Gasteiger partial charge in [0, 0.05) is 23.3 Å². The molecule has 0 aliphatic heterocycles. The highest BCUT2D eigenvalue weighted by Gasteiger charge is 2.26. The van der Waals surface area contributed by atoms with Gasteiger partial charge in [0.05, 0.1) is 5.75 Å². The van der Waals surface area contributed by atoms with Gasteiger partial charge in [0.2, 0.25) is 11.8 Å². The molecule has 4 nitrogen and oxygen atoms in total. The molecule has 6 heteroatoms. The number of rotatable bonds is 9. The Morgan fingerprint density at radius 1 is 1.14 bits per heavy atom. The summed E-state index contributed by atoms with van der Waals surface area (Å²) in [5, 5.41) is 2.82. The molecular formula is C22H27BrN2O2S. The van der Waals surface area contributed by atoms with Gasteiger partial charge in [-0.15, -0.1) is 11.8 Å². The van der Waals surface area contributed by atoms with E-state index < -0.39 is 6.04 Å². The third-order valence-electron chi connectivity index (χ3n) is 4.53. The first-order valence-corrected chi connectivity index (χ1v) is 11.3. The van der Waals surface area contributed by atoms with Crippen molar-refractivity contribution in [3.8, 4) is 0 Å². The summed E-state index contributed by atoms with van der Waals surface area (Å²) < 4.78 is 1.04. The summed E-state index contributed by atoms with van der Waals surface area (Å²) in [5.41, 5.74) is 3.35. The Labute approximate surface area is 180 Å². The van der Waals surface area contributed by atoms with Crippen LogP contribution in [0.25, 0.3) is 0 Å². The average molecular weight is 463 g/mol. The smallest absolute Gasteiger partial charge is 0.242 e. The van der Waals surface area contributed by atoms with Crippen molar-refractivity contribution in [1.29, 1.82) is 0 Å². The molecule has 0 saturated carbocycles. The summed E-state index contributed by atoms with van der Waals surface area (Å²) >= 11 is 5.00. The summed E-state index contributed by atoms with van der Waals surface area (Å²) in [6.45, 7) is 6.68. The van der Waals surface area contributed by atoms with E-state index in [2.05, 4.69) is 21.2 Å². The molecule has 0 heterocycles. The molecule has 0 fully saturated rings. The van der Waals surface area contributed by atoms with E-state index in [1.165, 1.54) is 5.56 Å². The van der Waals surface area contributed by atoms with E-state index in [0.717, 1.165) is 21.4 Å². The van der Waals surface area contributed by atoms with Gasteiger partial charge in [-0.1, -0.05) is 52.3 Å². The minimum atomic E-state index is -0.514. The van der Waals surface area contributed by atoms with Crippen molar-refractivity contribution in [2.24, 2.45) is 0 Å². The summed E-state index contributed by atoms with van der Waals surface area (Å²) in [4.78, 5) is 27.0. The van der Waals surface area contributed by atoms with Crippen LogP contribution in [0, 0.1) is 6.92 Å². The molecule has 0 aliphatic carbocycles. The molecule has 150 valence electrons. The van der Waals surface area contributed by atoms with Gasteiger partial charge in [0.25, 0.3) is 0 Å². The van der Waals surface area contributed by atoms with E-state index in [4.69, 9.17) is 0 Å². The van der Waals surface area contributed by atoms with Crippen LogP contribution in [-0.2, 0) is 21.9 Å². The number of aryl methyl sites for hydroxylation is 1. The van der Waals surface area contributed by atoms with Gasteiger partial charge in [-0.05, 0) is 49.6 Å². The number of likely N-dealkylation sites (N-methyl/N-ethyl adjacent to an activating group) is 1. The van der Waals surface area contributed by atoms with Crippen LogP contribution < -0.4 is 5.32 Å². The maximum Gasteiger partial charge on any atom is 0.242 e. The highest BCUT2D eigenvalue weighted by Crippen LogP contribution is 2.19. The fourth-order valence-corrected chi connectivity index (χ4v) is 3.93. The predicted octanol–water partition coefficient (Wildman–Crippen LogP) is 4.54. The molecular weight excluding hydrogens is 436 g/mol. The van der Waals surface area contributed by atoms with Crippen molar-refractivity contribution in [3.63, 3.8) is 0 Å². The van der Waals surface area contributed by atoms with Gasteiger partial charge in [-0.2, -0.15) is 0 Å². The lowest BCUT2D eigenvalue weighted by molar-refractivity contribution is -0.138. The number of benzene rings is 2. The number of thioether (sulfide) groups is 1. The molecule has 2 aromatic rings. The number of amides is 2. The van der Waals surface area contributed by atoms with Crippen LogP contribution in [0.15, 0.2) is 53.0 Å². The number of nitrogens with zero attached hydrogens (tertiary/aromatic N) is 1. The Morgan fingerprint density at radius 2 is 1.82 bits per heavy atom. The Balaban J connectivity index is 2.06. The second-order valence-electron chi connectivity index (χ2n) is 6.64. The summed E-state index contributed by atoms with van der Waals surface area (Å²) in [5.74, 6) is 0.949. The van der Waals surface area contributed by atoms with Crippen molar-refractivity contribution < 1.29 is 9.59 Å². The molecule has 0 spiro atoms. The Bertz CT molecular complexity index is 795. The van der Waals surface area contributed by atoms with Crippen LogP contribution in [0.2, 0.25) is 0 Å². The molecule has 0 bridgehead atoms. The molecule has 28 heavy (non-hydrogen) atoms. The molecule has 1 atom stereocenters. The van der Waals surface area contributed by atoms with Crippen molar-refractivity contribution in [1.82, 2.24) is 10.2 Å². The van der Waals surface area contributed by atoms with E-state index in [-0.39, 0.29) is 11.8 Å². The minimum Gasteiger partial charge on any atom is -0.355 e. The van der Waals surface area contributed by atoms with Gasteiger partial charge < -0.3 is 10.2 Å². The van der Waals surface area contributed by atoms with Crippen LogP contribution in [-0.4, -0.2) is 35.1 Å². The highest BCUT2D eigenvalue weighted by atomic mass is 79.9. The monoisotopic (exact) mass is 462 g/mol. The topological polar surface area (TPSA) is 49.4 Å². The summed E-state index contributed by atoms with van der Waals surface area (Å²) in [6.07, 6.45) is 0. The first-order valence-electron chi connectivity index (χ1n) is 9.36. The van der Waals surface area contributed by atoms with Gasteiger partial charge in [0.1, 0.15) is 6.04 Å². The minimum absolute atomic E-state index is 0.0240. The van der Waals surface area contributed by atoms with Gasteiger partial charge in [-0.25, -0.2) is 0 Å². The quantitative estimate of drug-likeness (QED) is 0.594. The molecule has 0 saturated heterocycles. The average Bonchev–Trinajstić information content (AvgIpc) is 2.68. The SMILES string of the molecule is CCNC(=O)C(C)N(Cc1ccccc1C)C(=O)CSCc1ccc(Br)cc1. The van der Waals surface area contributed by atoms with Crippen LogP contribution >= 0.6 is 27.7 Å². The largest absolute Gasteiger partial charge is 0.355 e. The maximum absolute atomic E-state index is 13.0. The van der Waals surface area contributed by atoms with Gasteiger partial charge >= 0.3 is 0 Å². The predicted molar refractivity (Wildman–Crippen MR) is 120 cm³/mol.